The van der Waals surface area contributed by atoms with Crippen molar-refractivity contribution in [2.75, 3.05) is 0 Å². The number of hydrogen-bond acceptors (Lipinski definition) is 1. The second-order valence-electron chi connectivity index (χ2n) is 2.54. The molecule has 0 unspecified atom stereocenters. The van der Waals surface area contributed by atoms with Crippen LogP contribution in [0, 0.1) is 0 Å². The normalized spacial score (nSPS) is 11.7. The third-order valence-corrected chi connectivity index (χ3v) is 3.02. The van der Waals surface area contributed by atoms with E-state index >= 15 is 0 Å². The molecule has 0 fully saturated rings. The van der Waals surface area contributed by atoms with E-state index in [1.165, 1.54) is 6.07 Å². The SMILES string of the molecule is O=P(O)(O)Cc1cccc(Cl)c1Cl. The number of rotatable bonds is 2. The van der Waals surface area contributed by atoms with Crippen LogP contribution in [0.2, 0.25) is 10.0 Å². The van der Waals surface area contributed by atoms with E-state index in [4.69, 9.17) is 33.0 Å². The second-order valence-corrected chi connectivity index (χ2v) is 4.97. The minimum absolute atomic E-state index is 0.201. The summed E-state index contributed by atoms with van der Waals surface area (Å²) in [7, 11) is -4.08. The maximum atomic E-state index is 10.7. The molecule has 0 atom stereocenters. The Balaban J connectivity index is 3.03. The molecule has 0 aliphatic carbocycles. The maximum Gasteiger partial charge on any atom is 0.329 e. The van der Waals surface area contributed by atoms with E-state index in [2.05, 4.69) is 0 Å². The van der Waals surface area contributed by atoms with Crippen LogP contribution >= 0.6 is 30.8 Å². The van der Waals surface area contributed by atoms with Crippen molar-refractivity contribution in [1.29, 1.82) is 0 Å². The van der Waals surface area contributed by atoms with Gasteiger partial charge < -0.3 is 9.79 Å². The monoisotopic (exact) mass is 240 g/mol. The molecule has 13 heavy (non-hydrogen) atoms. The van der Waals surface area contributed by atoms with E-state index in [0.717, 1.165) is 0 Å². The van der Waals surface area contributed by atoms with E-state index in [1.807, 2.05) is 0 Å². The lowest BCUT2D eigenvalue weighted by Gasteiger charge is -2.06. The van der Waals surface area contributed by atoms with Crippen LogP contribution < -0.4 is 0 Å². The molecule has 1 aromatic rings. The summed E-state index contributed by atoms with van der Waals surface area (Å²) in [4.78, 5) is 17.4. The summed E-state index contributed by atoms with van der Waals surface area (Å²) in [6.07, 6.45) is -0.383. The van der Waals surface area contributed by atoms with Gasteiger partial charge >= 0.3 is 7.60 Å². The van der Waals surface area contributed by atoms with Crippen LogP contribution in [0.4, 0.5) is 0 Å². The van der Waals surface area contributed by atoms with Crippen LogP contribution in [0.1, 0.15) is 5.56 Å². The first-order valence-corrected chi connectivity index (χ1v) is 5.93. The van der Waals surface area contributed by atoms with Crippen LogP contribution in [0.5, 0.6) is 0 Å². The summed E-state index contributed by atoms with van der Waals surface area (Å²) in [6, 6.07) is 4.69. The summed E-state index contributed by atoms with van der Waals surface area (Å²) in [5.74, 6) is 0. The van der Waals surface area contributed by atoms with Crippen molar-refractivity contribution in [3.05, 3.63) is 33.8 Å². The Morgan fingerprint density at radius 1 is 1.31 bits per heavy atom. The van der Waals surface area contributed by atoms with Crippen LogP contribution in [-0.4, -0.2) is 9.79 Å². The summed E-state index contributed by atoms with van der Waals surface area (Å²) in [5, 5.41) is 0.500. The van der Waals surface area contributed by atoms with Crippen molar-refractivity contribution in [2.24, 2.45) is 0 Å². The molecule has 0 bridgehead atoms. The lowest BCUT2D eigenvalue weighted by atomic mass is 10.2. The van der Waals surface area contributed by atoms with Gasteiger partial charge in [0.15, 0.2) is 0 Å². The number of halogens is 2. The van der Waals surface area contributed by atoms with Gasteiger partial charge in [0.05, 0.1) is 16.2 Å². The van der Waals surface area contributed by atoms with Gasteiger partial charge in [-0.05, 0) is 11.6 Å². The molecule has 2 N–H and O–H groups in total. The molecular formula is C7H7Cl2O3P. The molecule has 0 spiro atoms. The minimum atomic E-state index is -4.08. The lowest BCUT2D eigenvalue weighted by Crippen LogP contribution is -1.88. The van der Waals surface area contributed by atoms with Crippen molar-refractivity contribution < 1.29 is 14.4 Å². The van der Waals surface area contributed by atoms with Gasteiger partial charge in [0.25, 0.3) is 0 Å². The molecule has 1 rings (SSSR count). The Morgan fingerprint density at radius 2 is 1.92 bits per heavy atom. The van der Waals surface area contributed by atoms with E-state index in [9.17, 15) is 4.57 Å². The first-order valence-electron chi connectivity index (χ1n) is 3.37. The number of hydrogen-bond donors (Lipinski definition) is 2. The van der Waals surface area contributed by atoms with Crippen molar-refractivity contribution in [3.63, 3.8) is 0 Å². The van der Waals surface area contributed by atoms with Crippen LogP contribution in [0.15, 0.2) is 18.2 Å². The van der Waals surface area contributed by atoms with E-state index in [-0.39, 0.29) is 11.2 Å². The second kappa shape index (κ2) is 3.99. The fraction of sp³-hybridized carbons (Fsp3) is 0.143. The molecule has 6 heteroatoms. The smallest absolute Gasteiger partial charge is 0.324 e. The van der Waals surface area contributed by atoms with Gasteiger partial charge in [-0.1, -0.05) is 35.3 Å². The molecule has 72 valence electrons. The summed E-state index contributed by atoms with van der Waals surface area (Å²) in [5.41, 5.74) is 0.363. The zero-order valence-corrected chi connectivity index (χ0v) is 8.85. The topological polar surface area (TPSA) is 57.5 Å². The molecule has 0 amide bonds. The number of benzene rings is 1. The van der Waals surface area contributed by atoms with Crippen LogP contribution in [0.3, 0.4) is 0 Å². The van der Waals surface area contributed by atoms with Gasteiger partial charge in [-0.25, -0.2) is 0 Å². The highest BCUT2D eigenvalue weighted by Gasteiger charge is 2.16. The highest BCUT2D eigenvalue weighted by Crippen LogP contribution is 2.41. The average molecular weight is 241 g/mol. The van der Waals surface area contributed by atoms with Crippen molar-refractivity contribution >= 4 is 30.8 Å². The Bertz CT molecular complexity index is 361. The quantitative estimate of drug-likeness (QED) is 0.782. The average Bonchev–Trinajstić information content (AvgIpc) is 1.96. The molecule has 0 radical (unpaired) electrons. The molecule has 0 saturated heterocycles. The first-order chi connectivity index (χ1) is 5.90. The molecule has 0 aromatic heterocycles. The van der Waals surface area contributed by atoms with Gasteiger partial charge in [0.2, 0.25) is 0 Å². The predicted octanol–water partition coefficient (Wildman–Crippen LogP) is 2.67. The third kappa shape index (κ3) is 3.29. The Morgan fingerprint density at radius 3 is 2.46 bits per heavy atom. The van der Waals surface area contributed by atoms with Crippen LogP contribution in [-0.2, 0) is 10.7 Å². The first kappa shape index (κ1) is 11.0. The van der Waals surface area contributed by atoms with Gasteiger partial charge in [-0.15, -0.1) is 0 Å². The summed E-state index contributed by atoms with van der Waals surface area (Å²) < 4.78 is 10.7. The minimum Gasteiger partial charge on any atom is -0.324 e. The molecular weight excluding hydrogens is 234 g/mol. The summed E-state index contributed by atoms with van der Waals surface area (Å²) in [6.45, 7) is 0. The fourth-order valence-electron chi connectivity index (χ4n) is 0.892. The highest BCUT2D eigenvalue weighted by atomic mass is 35.5. The van der Waals surface area contributed by atoms with Crippen molar-refractivity contribution in [1.82, 2.24) is 0 Å². The van der Waals surface area contributed by atoms with Crippen molar-refractivity contribution in [3.8, 4) is 0 Å². The van der Waals surface area contributed by atoms with Crippen molar-refractivity contribution in [2.45, 2.75) is 6.16 Å². The molecule has 1 aromatic carbocycles. The molecule has 0 aliphatic heterocycles. The Labute approximate surface area is 85.5 Å². The van der Waals surface area contributed by atoms with E-state index < -0.39 is 7.60 Å². The highest BCUT2D eigenvalue weighted by molar-refractivity contribution is 7.50. The zero-order valence-electron chi connectivity index (χ0n) is 6.44. The Kier molecular flexibility index (Phi) is 3.38. The van der Waals surface area contributed by atoms with Gasteiger partial charge in [-0.3, -0.25) is 4.57 Å². The van der Waals surface area contributed by atoms with Crippen LogP contribution in [0.25, 0.3) is 0 Å². The standard InChI is InChI=1S/C7H7Cl2O3P/c8-6-3-1-2-5(7(6)9)4-13(10,11)12/h1-3H,4H2,(H2,10,11,12). The van der Waals surface area contributed by atoms with Gasteiger partial charge in [-0.2, -0.15) is 0 Å². The van der Waals surface area contributed by atoms with E-state index in [1.54, 1.807) is 12.1 Å². The molecule has 3 nitrogen and oxygen atoms in total. The zero-order chi connectivity index (χ0) is 10.1. The lowest BCUT2D eigenvalue weighted by molar-refractivity contribution is 0.372. The van der Waals surface area contributed by atoms with E-state index in [0.29, 0.717) is 10.6 Å². The fourth-order valence-corrected chi connectivity index (χ4v) is 2.08. The summed E-state index contributed by atoms with van der Waals surface area (Å²) >= 11 is 11.4. The molecule has 0 saturated carbocycles. The maximum absolute atomic E-state index is 10.7. The predicted molar refractivity (Wildman–Crippen MR) is 52.2 cm³/mol. The Hall–Kier alpha value is -0.0500. The third-order valence-electron chi connectivity index (χ3n) is 1.41. The van der Waals surface area contributed by atoms with Gasteiger partial charge in [0, 0.05) is 0 Å². The van der Waals surface area contributed by atoms with Gasteiger partial charge in [0.1, 0.15) is 0 Å². The molecule has 0 aliphatic rings. The largest absolute Gasteiger partial charge is 0.329 e. The molecule has 0 heterocycles.